The van der Waals surface area contributed by atoms with Gasteiger partial charge in [0.15, 0.2) is 0 Å². The van der Waals surface area contributed by atoms with E-state index in [1.807, 2.05) is 30.3 Å². The van der Waals surface area contributed by atoms with Gasteiger partial charge in [0.25, 0.3) is 0 Å². The van der Waals surface area contributed by atoms with E-state index in [4.69, 9.17) is 9.47 Å². The highest BCUT2D eigenvalue weighted by molar-refractivity contribution is 5.77. The summed E-state index contributed by atoms with van der Waals surface area (Å²) in [4.78, 5) is 13.9. The van der Waals surface area contributed by atoms with Crippen molar-refractivity contribution < 1.29 is 19.4 Å². The second-order valence-electron chi connectivity index (χ2n) is 4.61. The smallest absolute Gasteiger partial charge is 0.327 e. The highest BCUT2D eigenvalue weighted by Gasteiger charge is 2.27. The molecule has 112 valence electrons. The topological polar surface area (TPSA) is 59.0 Å². The average Bonchev–Trinajstić information content (AvgIpc) is 2.40. The Balaban J connectivity index is 2.85. The molecule has 0 fully saturated rings. The fraction of sp³-hybridized carbons (Fsp3) is 0.533. The molecule has 2 atom stereocenters. The summed E-state index contributed by atoms with van der Waals surface area (Å²) < 4.78 is 10.0. The predicted molar refractivity (Wildman–Crippen MR) is 76.3 cm³/mol. The zero-order chi connectivity index (χ0) is 15.0. The van der Waals surface area contributed by atoms with Gasteiger partial charge in [-0.25, -0.2) is 4.79 Å². The fourth-order valence-corrected chi connectivity index (χ4v) is 2.11. The van der Waals surface area contributed by atoms with Crippen LogP contribution in [0.5, 0.6) is 0 Å². The normalized spacial score (nSPS) is 14.1. The lowest BCUT2D eigenvalue weighted by atomic mass is 10.1. The number of ether oxygens (including phenoxy) is 2. The Kier molecular flexibility index (Phi) is 7.22. The lowest BCUT2D eigenvalue weighted by molar-refractivity contribution is -0.150. The fourth-order valence-electron chi connectivity index (χ4n) is 2.11. The zero-order valence-corrected chi connectivity index (χ0v) is 12.3. The van der Waals surface area contributed by atoms with Crippen molar-refractivity contribution in [2.75, 3.05) is 33.9 Å². The molecule has 1 rings (SSSR count). The van der Waals surface area contributed by atoms with Gasteiger partial charge in [-0.2, -0.15) is 0 Å². The third-order valence-electron chi connectivity index (χ3n) is 2.92. The van der Waals surface area contributed by atoms with Crippen LogP contribution in [0.15, 0.2) is 30.3 Å². The maximum absolute atomic E-state index is 12.1. The van der Waals surface area contributed by atoms with Crippen molar-refractivity contribution in [3.8, 4) is 0 Å². The molecule has 0 aromatic heterocycles. The molecule has 0 saturated heterocycles. The SMILES string of the molecule is CCOC(=O)C(c1ccccc1)N(C)CC(O)COC. The minimum absolute atomic E-state index is 0.231. The van der Waals surface area contributed by atoms with Crippen molar-refractivity contribution in [2.45, 2.75) is 19.1 Å². The van der Waals surface area contributed by atoms with E-state index in [0.717, 1.165) is 5.56 Å². The molecule has 0 heterocycles. The van der Waals surface area contributed by atoms with Gasteiger partial charge in [-0.3, -0.25) is 4.90 Å². The zero-order valence-electron chi connectivity index (χ0n) is 12.3. The summed E-state index contributed by atoms with van der Waals surface area (Å²) in [7, 11) is 3.32. The van der Waals surface area contributed by atoms with Gasteiger partial charge in [-0.05, 0) is 19.5 Å². The van der Waals surface area contributed by atoms with E-state index in [-0.39, 0.29) is 12.6 Å². The van der Waals surface area contributed by atoms with E-state index in [0.29, 0.717) is 13.2 Å². The molecule has 0 bridgehead atoms. The highest BCUT2D eigenvalue weighted by Crippen LogP contribution is 2.21. The van der Waals surface area contributed by atoms with Crippen LogP contribution in [0.4, 0.5) is 0 Å². The lowest BCUT2D eigenvalue weighted by Gasteiger charge is -2.28. The molecule has 0 radical (unpaired) electrons. The first kappa shape index (κ1) is 16.6. The Hall–Kier alpha value is -1.43. The first-order valence-corrected chi connectivity index (χ1v) is 6.69. The molecule has 1 aromatic carbocycles. The maximum Gasteiger partial charge on any atom is 0.327 e. The second kappa shape index (κ2) is 8.68. The molecule has 0 amide bonds. The maximum atomic E-state index is 12.1. The summed E-state index contributed by atoms with van der Waals surface area (Å²) in [5, 5.41) is 9.81. The number of carbonyl (C=O) groups is 1. The number of likely N-dealkylation sites (N-methyl/N-ethyl adjacent to an activating group) is 1. The second-order valence-corrected chi connectivity index (χ2v) is 4.61. The molecule has 0 aliphatic heterocycles. The molecular formula is C15H23NO4. The number of carbonyl (C=O) groups excluding carboxylic acids is 1. The lowest BCUT2D eigenvalue weighted by Crippen LogP contribution is -2.38. The van der Waals surface area contributed by atoms with Gasteiger partial charge >= 0.3 is 5.97 Å². The molecule has 1 aromatic rings. The highest BCUT2D eigenvalue weighted by atomic mass is 16.5. The van der Waals surface area contributed by atoms with Crippen LogP contribution < -0.4 is 0 Å². The molecule has 5 heteroatoms. The standard InChI is InChI=1S/C15H23NO4/c1-4-20-15(18)14(12-8-6-5-7-9-12)16(2)10-13(17)11-19-3/h5-9,13-14,17H,4,10-11H2,1-3H3. The van der Waals surface area contributed by atoms with Gasteiger partial charge in [-0.15, -0.1) is 0 Å². The van der Waals surface area contributed by atoms with Gasteiger partial charge in [0.1, 0.15) is 6.04 Å². The summed E-state index contributed by atoms with van der Waals surface area (Å²) >= 11 is 0. The Morgan fingerprint density at radius 3 is 2.55 bits per heavy atom. The van der Waals surface area contributed by atoms with Gasteiger partial charge in [0.05, 0.1) is 19.3 Å². The van der Waals surface area contributed by atoms with Crippen LogP contribution in [0.2, 0.25) is 0 Å². The monoisotopic (exact) mass is 281 g/mol. The molecule has 5 nitrogen and oxygen atoms in total. The minimum Gasteiger partial charge on any atom is -0.465 e. The van der Waals surface area contributed by atoms with Crippen molar-refractivity contribution in [3.05, 3.63) is 35.9 Å². The van der Waals surface area contributed by atoms with Crippen LogP contribution in [0.25, 0.3) is 0 Å². The molecule has 1 N–H and O–H groups in total. The van der Waals surface area contributed by atoms with Crippen molar-refractivity contribution in [2.24, 2.45) is 0 Å². The summed E-state index contributed by atoms with van der Waals surface area (Å²) in [6, 6.07) is 8.87. The van der Waals surface area contributed by atoms with Gasteiger partial charge in [0.2, 0.25) is 0 Å². The molecule has 0 saturated carbocycles. The number of aliphatic hydroxyl groups excluding tert-OH is 1. The van der Waals surface area contributed by atoms with Crippen molar-refractivity contribution in [1.82, 2.24) is 4.90 Å². The number of esters is 1. The molecule has 0 aliphatic rings. The third-order valence-corrected chi connectivity index (χ3v) is 2.92. The van der Waals surface area contributed by atoms with Crippen LogP contribution >= 0.6 is 0 Å². The van der Waals surface area contributed by atoms with Crippen LogP contribution in [-0.4, -0.2) is 56.0 Å². The summed E-state index contributed by atoms with van der Waals surface area (Å²) in [6.45, 7) is 2.66. The number of rotatable bonds is 8. The number of hydrogen-bond donors (Lipinski definition) is 1. The molecule has 20 heavy (non-hydrogen) atoms. The number of aliphatic hydroxyl groups is 1. The first-order chi connectivity index (χ1) is 9.60. The van der Waals surface area contributed by atoms with Crippen molar-refractivity contribution >= 4 is 5.97 Å². The Bertz CT molecular complexity index is 396. The summed E-state index contributed by atoms with van der Waals surface area (Å²) in [5.41, 5.74) is 0.845. The Morgan fingerprint density at radius 2 is 2.00 bits per heavy atom. The van der Waals surface area contributed by atoms with Crippen LogP contribution in [0.1, 0.15) is 18.5 Å². The van der Waals surface area contributed by atoms with E-state index in [9.17, 15) is 9.90 Å². The van der Waals surface area contributed by atoms with Crippen LogP contribution in [0, 0.1) is 0 Å². The molecular weight excluding hydrogens is 258 g/mol. The van der Waals surface area contributed by atoms with Crippen LogP contribution in [0.3, 0.4) is 0 Å². The van der Waals surface area contributed by atoms with Gasteiger partial charge < -0.3 is 14.6 Å². The number of methoxy groups -OCH3 is 1. The van der Waals surface area contributed by atoms with E-state index in [1.165, 1.54) is 7.11 Å². The minimum atomic E-state index is -0.648. The largest absolute Gasteiger partial charge is 0.465 e. The number of nitrogens with zero attached hydrogens (tertiary/aromatic N) is 1. The molecule has 0 aliphatic carbocycles. The van der Waals surface area contributed by atoms with E-state index in [1.54, 1.807) is 18.9 Å². The van der Waals surface area contributed by atoms with E-state index in [2.05, 4.69) is 0 Å². The van der Waals surface area contributed by atoms with Crippen LogP contribution in [-0.2, 0) is 14.3 Å². The molecule has 0 spiro atoms. The quantitative estimate of drug-likeness (QED) is 0.726. The summed E-state index contributed by atoms with van der Waals surface area (Å²) in [5.74, 6) is -0.314. The Morgan fingerprint density at radius 1 is 1.35 bits per heavy atom. The third kappa shape index (κ3) is 4.92. The van der Waals surface area contributed by atoms with Gasteiger partial charge in [0, 0.05) is 13.7 Å². The van der Waals surface area contributed by atoms with Gasteiger partial charge in [-0.1, -0.05) is 30.3 Å². The predicted octanol–water partition coefficient (Wildman–Crippen LogP) is 1.23. The Labute approximate surface area is 120 Å². The number of benzene rings is 1. The van der Waals surface area contributed by atoms with E-state index >= 15 is 0 Å². The average molecular weight is 281 g/mol. The molecule has 2 unspecified atom stereocenters. The summed E-state index contributed by atoms with van der Waals surface area (Å²) in [6.07, 6.45) is -0.648. The number of hydrogen-bond acceptors (Lipinski definition) is 5. The van der Waals surface area contributed by atoms with E-state index < -0.39 is 12.1 Å². The van der Waals surface area contributed by atoms with Crippen molar-refractivity contribution in [3.63, 3.8) is 0 Å². The first-order valence-electron chi connectivity index (χ1n) is 6.69. The van der Waals surface area contributed by atoms with Crippen molar-refractivity contribution in [1.29, 1.82) is 0 Å².